The van der Waals surface area contributed by atoms with Crippen molar-refractivity contribution in [3.05, 3.63) is 29.8 Å². The quantitative estimate of drug-likeness (QED) is 0.708. The molecule has 2 saturated heterocycles. The number of nitrogens with one attached hydrogen (secondary N) is 1. The number of amides is 3. The molecule has 0 aromatic heterocycles. The number of ether oxygens (including phenoxy) is 1. The molecule has 10 heteroatoms. The Kier molecular flexibility index (Phi) is 6.23. The van der Waals surface area contributed by atoms with E-state index in [9.17, 15) is 22.8 Å². The number of rotatable bonds is 5. The zero-order valence-corrected chi connectivity index (χ0v) is 17.3. The molecule has 158 valence electrons. The Balaban J connectivity index is 1.75. The Morgan fingerprint density at radius 2 is 1.86 bits per heavy atom. The molecule has 0 unspecified atom stereocenters. The highest BCUT2D eigenvalue weighted by atomic mass is 32.2. The van der Waals surface area contributed by atoms with Crippen LogP contribution in [0.25, 0.3) is 0 Å². The van der Waals surface area contributed by atoms with E-state index < -0.39 is 40.1 Å². The number of imide groups is 1. The maximum absolute atomic E-state index is 13.1. The summed E-state index contributed by atoms with van der Waals surface area (Å²) in [6.07, 6.45) is 0.445. The van der Waals surface area contributed by atoms with Crippen molar-refractivity contribution < 1.29 is 27.5 Å². The monoisotopic (exact) mass is 423 g/mol. The molecule has 2 aliphatic heterocycles. The van der Waals surface area contributed by atoms with Gasteiger partial charge in [-0.25, -0.2) is 13.2 Å². The summed E-state index contributed by atoms with van der Waals surface area (Å²) >= 11 is 0. The van der Waals surface area contributed by atoms with Crippen molar-refractivity contribution in [2.24, 2.45) is 0 Å². The van der Waals surface area contributed by atoms with Crippen LogP contribution in [-0.2, 0) is 24.3 Å². The first kappa shape index (κ1) is 21.3. The van der Waals surface area contributed by atoms with Gasteiger partial charge in [0.2, 0.25) is 10.0 Å². The van der Waals surface area contributed by atoms with Crippen molar-refractivity contribution in [2.75, 3.05) is 19.6 Å². The SMILES string of the molecule is Cc1ccc(S(=O)(=O)N2CCCC[C@H]2C(=O)O[C@@H](C)C(=O)N2CCNC2=O)cc1. The number of benzene rings is 1. The van der Waals surface area contributed by atoms with Crippen LogP contribution in [0.1, 0.15) is 31.7 Å². The van der Waals surface area contributed by atoms with Crippen LogP contribution in [0.2, 0.25) is 0 Å². The van der Waals surface area contributed by atoms with E-state index in [2.05, 4.69) is 5.32 Å². The minimum Gasteiger partial charge on any atom is -0.451 e. The number of carbonyl (C=O) groups is 3. The summed E-state index contributed by atoms with van der Waals surface area (Å²) in [5.41, 5.74) is 0.928. The molecular weight excluding hydrogens is 398 g/mol. The Morgan fingerprint density at radius 1 is 1.17 bits per heavy atom. The molecule has 9 nitrogen and oxygen atoms in total. The average Bonchev–Trinajstić information content (AvgIpc) is 3.13. The second-order valence-electron chi connectivity index (χ2n) is 7.24. The third-order valence-electron chi connectivity index (χ3n) is 5.12. The number of nitrogens with zero attached hydrogens (tertiary/aromatic N) is 2. The van der Waals surface area contributed by atoms with Gasteiger partial charge in [0.15, 0.2) is 6.10 Å². The van der Waals surface area contributed by atoms with Gasteiger partial charge in [0.25, 0.3) is 5.91 Å². The van der Waals surface area contributed by atoms with Gasteiger partial charge in [-0.05, 0) is 45.2 Å². The Hall–Kier alpha value is -2.46. The molecule has 0 bridgehead atoms. The van der Waals surface area contributed by atoms with Crippen LogP contribution < -0.4 is 5.32 Å². The van der Waals surface area contributed by atoms with E-state index in [1.807, 2.05) is 6.92 Å². The highest BCUT2D eigenvalue weighted by Gasteiger charge is 2.40. The molecule has 29 heavy (non-hydrogen) atoms. The second-order valence-corrected chi connectivity index (χ2v) is 9.13. The van der Waals surface area contributed by atoms with Crippen molar-refractivity contribution in [2.45, 2.75) is 50.2 Å². The maximum atomic E-state index is 13.1. The molecule has 2 fully saturated rings. The molecule has 3 amide bonds. The van der Waals surface area contributed by atoms with Crippen LogP contribution >= 0.6 is 0 Å². The molecule has 0 aliphatic carbocycles. The van der Waals surface area contributed by atoms with Gasteiger partial charge >= 0.3 is 12.0 Å². The van der Waals surface area contributed by atoms with Gasteiger partial charge < -0.3 is 10.1 Å². The summed E-state index contributed by atoms with van der Waals surface area (Å²) in [7, 11) is -3.88. The predicted molar refractivity (Wildman–Crippen MR) is 103 cm³/mol. The molecule has 0 saturated carbocycles. The molecule has 2 atom stereocenters. The van der Waals surface area contributed by atoms with Gasteiger partial charge in [0, 0.05) is 19.6 Å². The zero-order chi connectivity index (χ0) is 21.2. The summed E-state index contributed by atoms with van der Waals surface area (Å²) in [5, 5.41) is 2.51. The van der Waals surface area contributed by atoms with Gasteiger partial charge in [-0.1, -0.05) is 17.7 Å². The van der Waals surface area contributed by atoms with Crippen LogP contribution in [0, 0.1) is 6.92 Å². The van der Waals surface area contributed by atoms with Gasteiger partial charge in [0.05, 0.1) is 4.90 Å². The van der Waals surface area contributed by atoms with Crippen molar-refractivity contribution in [1.82, 2.24) is 14.5 Å². The summed E-state index contributed by atoms with van der Waals surface area (Å²) in [6.45, 7) is 3.99. The van der Waals surface area contributed by atoms with E-state index in [1.54, 1.807) is 12.1 Å². The van der Waals surface area contributed by atoms with E-state index in [4.69, 9.17) is 4.74 Å². The minimum atomic E-state index is -3.88. The highest BCUT2D eigenvalue weighted by molar-refractivity contribution is 7.89. The third kappa shape index (κ3) is 4.43. The summed E-state index contributed by atoms with van der Waals surface area (Å²) in [6, 6.07) is 4.90. The van der Waals surface area contributed by atoms with E-state index in [-0.39, 0.29) is 18.0 Å². The molecule has 2 aliphatic rings. The fourth-order valence-corrected chi connectivity index (χ4v) is 5.13. The predicted octanol–water partition coefficient (Wildman–Crippen LogP) is 1.02. The molecule has 1 aromatic rings. The van der Waals surface area contributed by atoms with Gasteiger partial charge in [0.1, 0.15) is 6.04 Å². The Bertz CT molecular complexity index is 899. The van der Waals surface area contributed by atoms with E-state index in [0.29, 0.717) is 25.8 Å². The molecule has 1 aromatic carbocycles. The molecule has 2 heterocycles. The lowest BCUT2D eigenvalue weighted by Gasteiger charge is -2.33. The van der Waals surface area contributed by atoms with Crippen molar-refractivity contribution in [3.8, 4) is 0 Å². The first-order valence-corrected chi connectivity index (χ1v) is 11.0. The lowest BCUT2D eigenvalue weighted by molar-refractivity contribution is -0.161. The Morgan fingerprint density at radius 3 is 2.48 bits per heavy atom. The maximum Gasteiger partial charge on any atom is 0.325 e. The van der Waals surface area contributed by atoms with Crippen molar-refractivity contribution >= 4 is 27.9 Å². The van der Waals surface area contributed by atoms with Crippen LogP contribution in [-0.4, -0.2) is 67.3 Å². The van der Waals surface area contributed by atoms with Crippen LogP contribution in [0.4, 0.5) is 4.79 Å². The van der Waals surface area contributed by atoms with Crippen LogP contribution in [0.5, 0.6) is 0 Å². The molecule has 0 spiro atoms. The average molecular weight is 423 g/mol. The number of hydrogen-bond acceptors (Lipinski definition) is 6. The second kappa shape index (κ2) is 8.50. The minimum absolute atomic E-state index is 0.112. The number of aryl methyl sites for hydroxylation is 1. The first-order chi connectivity index (χ1) is 13.7. The van der Waals surface area contributed by atoms with Gasteiger partial charge in [-0.2, -0.15) is 4.31 Å². The van der Waals surface area contributed by atoms with Gasteiger partial charge in [-0.15, -0.1) is 0 Å². The van der Waals surface area contributed by atoms with Crippen LogP contribution in [0.15, 0.2) is 29.2 Å². The topological polar surface area (TPSA) is 113 Å². The zero-order valence-electron chi connectivity index (χ0n) is 16.5. The number of esters is 1. The number of carbonyl (C=O) groups excluding carboxylic acids is 3. The fourth-order valence-electron chi connectivity index (χ4n) is 3.48. The van der Waals surface area contributed by atoms with Crippen molar-refractivity contribution in [3.63, 3.8) is 0 Å². The first-order valence-electron chi connectivity index (χ1n) is 9.60. The standard InChI is InChI=1S/C19H25N3O6S/c1-13-6-8-15(9-7-13)29(26,27)22-11-4-3-5-16(22)18(24)28-14(2)17(23)21-12-10-20-19(21)25/h6-9,14,16H,3-5,10-12H2,1-2H3,(H,20,25)/t14-,16-/m0/s1. The van der Waals surface area contributed by atoms with E-state index in [0.717, 1.165) is 14.8 Å². The fraction of sp³-hybridized carbons (Fsp3) is 0.526. The smallest absolute Gasteiger partial charge is 0.325 e. The number of urea groups is 1. The molecule has 3 rings (SSSR count). The molecule has 1 N–H and O–H groups in total. The third-order valence-corrected chi connectivity index (χ3v) is 7.04. The van der Waals surface area contributed by atoms with E-state index >= 15 is 0 Å². The molecule has 0 radical (unpaired) electrons. The summed E-state index contributed by atoms with van der Waals surface area (Å²) < 4.78 is 32.6. The van der Waals surface area contributed by atoms with Gasteiger partial charge in [-0.3, -0.25) is 14.5 Å². The normalized spacial score (nSPS) is 21.5. The highest BCUT2D eigenvalue weighted by Crippen LogP contribution is 2.26. The van der Waals surface area contributed by atoms with Crippen LogP contribution in [0.3, 0.4) is 0 Å². The number of hydrogen-bond donors (Lipinski definition) is 1. The summed E-state index contributed by atoms with van der Waals surface area (Å²) in [5.74, 6) is -1.40. The molecular formula is C19H25N3O6S. The summed E-state index contributed by atoms with van der Waals surface area (Å²) in [4.78, 5) is 37.8. The number of sulfonamides is 1. The lowest BCUT2D eigenvalue weighted by atomic mass is 10.1. The number of piperidine rings is 1. The van der Waals surface area contributed by atoms with E-state index in [1.165, 1.54) is 19.1 Å². The Labute approximate surface area is 170 Å². The lowest BCUT2D eigenvalue weighted by Crippen LogP contribution is -2.50. The largest absolute Gasteiger partial charge is 0.451 e. The van der Waals surface area contributed by atoms with Crippen molar-refractivity contribution in [1.29, 1.82) is 0 Å².